The summed E-state index contributed by atoms with van der Waals surface area (Å²) >= 11 is 0. The summed E-state index contributed by atoms with van der Waals surface area (Å²) in [5.74, 6) is -0.941. The number of fused-ring (bicyclic) bond motifs is 1. The normalized spacial score (nSPS) is 28.9. The van der Waals surface area contributed by atoms with Crippen molar-refractivity contribution in [1.82, 2.24) is 24.6 Å². The Morgan fingerprint density at radius 1 is 1.37 bits per heavy atom. The molecule has 5 heterocycles. The molecule has 8 heteroatoms. The molecule has 2 amide bonds. The van der Waals surface area contributed by atoms with Crippen molar-refractivity contribution in [2.75, 3.05) is 20.1 Å². The summed E-state index contributed by atoms with van der Waals surface area (Å²) in [4.78, 5) is 34.2. The maximum Gasteiger partial charge on any atom is 0.230 e. The van der Waals surface area contributed by atoms with E-state index in [1.807, 2.05) is 41.2 Å². The molecule has 0 radical (unpaired) electrons. The summed E-state index contributed by atoms with van der Waals surface area (Å²) < 4.78 is 8.07. The predicted octanol–water partition coefficient (Wildman–Crippen LogP) is 1.11. The van der Waals surface area contributed by atoms with Crippen LogP contribution in [0.2, 0.25) is 0 Å². The van der Waals surface area contributed by atoms with Gasteiger partial charge >= 0.3 is 0 Å². The number of hydrogen-bond donors (Lipinski definition) is 0. The molecule has 8 nitrogen and oxygen atoms in total. The zero-order valence-corrected chi connectivity index (χ0v) is 16.9. The first-order valence-corrected chi connectivity index (χ1v) is 10.3. The van der Waals surface area contributed by atoms with Crippen molar-refractivity contribution >= 4 is 11.8 Å². The van der Waals surface area contributed by atoms with E-state index in [9.17, 15) is 9.59 Å². The average molecular weight is 407 g/mol. The summed E-state index contributed by atoms with van der Waals surface area (Å²) in [6.07, 6.45) is 11.6. The highest BCUT2D eigenvalue weighted by Crippen LogP contribution is 2.52. The SMILES string of the molecule is CN(CCCn1cccn1)C(=O)[C@@H]1[C@@H]2C=C[C@@]3(CN(Cc4cccnc4)C(=O)[C@H]13)O2. The fourth-order valence-electron chi connectivity index (χ4n) is 4.97. The van der Waals surface area contributed by atoms with E-state index in [-0.39, 0.29) is 17.9 Å². The first-order valence-electron chi connectivity index (χ1n) is 10.3. The summed E-state index contributed by atoms with van der Waals surface area (Å²) in [6.45, 7) is 2.32. The Morgan fingerprint density at radius 3 is 3.03 bits per heavy atom. The zero-order valence-electron chi connectivity index (χ0n) is 16.9. The van der Waals surface area contributed by atoms with E-state index in [4.69, 9.17) is 4.74 Å². The van der Waals surface area contributed by atoms with Crippen LogP contribution >= 0.6 is 0 Å². The molecule has 4 atom stereocenters. The molecular formula is C22H25N5O3. The minimum atomic E-state index is -0.680. The van der Waals surface area contributed by atoms with Gasteiger partial charge in [0.15, 0.2) is 0 Å². The predicted molar refractivity (Wildman–Crippen MR) is 108 cm³/mol. The van der Waals surface area contributed by atoms with Crippen LogP contribution in [0, 0.1) is 11.8 Å². The summed E-state index contributed by atoms with van der Waals surface area (Å²) in [6, 6.07) is 5.70. The van der Waals surface area contributed by atoms with Crippen LogP contribution in [0.15, 0.2) is 55.1 Å². The molecule has 5 rings (SSSR count). The molecule has 3 aliphatic rings. The van der Waals surface area contributed by atoms with E-state index in [0.717, 1.165) is 18.5 Å². The Hall–Kier alpha value is -3.00. The number of ether oxygens (including phenoxy) is 1. The molecule has 30 heavy (non-hydrogen) atoms. The van der Waals surface area contributed by atoms with E-state index < -0.39 is 17.4 Å². The number of amides is 2. The highest BCUT2D eigenvalue weighted by atomic mass is 16.5. The van der Waals surface area contributed by atoms with E-state index in [0.29, 0.717) is 19.6 Å². The fourth-order valence-corrected chi connectivity index (χ4v) is 4.97. The van der Waals surface area contributed by atoms with Gasteiger partial charge < -0.3 is 14.5 Å². The summed E-state index contributed by atoms with van der Waals surface area (Å²) in [5, 5.41) is 4.19. The Kier molecular flexibility index (Phi) is 4.66. The van der Waals surface area contributed by atoms with Crippen LogP contribution in [-0.2, 0) is 27.4 Å². The lowest BCUT2D eigenvalue weighted by Crippen LogP contribution is -2.45. The lowest BCUT2D eigenvalue weighted by atomic mass is 9.76. The molecule has 156 valence electrons. The van der Waals surface area contributed by atoms with Gasteiger partial charge in [-0.25, -0.2) is 0 Å². The number of rotatable bonds is 7. The Balaban J connectivity index is 1.27. The second-order valence-electron chi connectivity index (χ2n) is 8.34. The third-order valence-corrected chi connectivity index (χ3v) is 6.38. The fraction of sp³-hybridized carbons (Fsp3) is 0.455. The van der Waals surface area contributed by atoms with Gasteiger partial charge in [-0.15, -0.1) is 0 Å². The van der Waals surface area contributed by atoms with Gasteiger partial charge in [0.05, 0.1) is 24.5 Å². The number of carbonyl (C=O) groups is 2. The maximum atomic E-state index is 13.3. The molecule has 1 spiro atoms. The Bertz CT molecular complexity index is 960. The number of hydrogen-bond acceptors (Lipinski definition) is 5. The first-order chi connectivity index (χ1) is 14.6. The molecule has 3 aliphatic heterocycles. The van der Waals surface area contributed by atoms with E-state index in [1.165, 1.54) is 0 Å². The van der Waals surface area contributed by atoms with E-state index >= 15 is 0 Å². The monoisotopic (exact) mass is 407 g/mol. The molecular weight excluding hydrogens is 382 g/mol. The first kappa shape index (κ1) is 19.0. The smallest absolute Gasteiger partial charge is 0.230 e. The molecule has 2 saturated heterocycles. The second-order valence-corrected chi connectivity index (χ2v) is 8.34. The van der Waals surface area contributed by atoms with Crippen LogP contribution in [0.5, 0.6) is 0 Å². The van der Waals surface area contributed by atoms with Crippen molar-refractivity contribution in [3.05, 3.63) is 60.7 Å². The van der Waals surface area contributed by atoms with Crippen LogP contribution in [0.25, 0.3) is 0 Å². The molecule has 2 fully saturated rings. The molecule has 0 saturated carbocycles. The minimum Gasteiger partial charge on any atom is -0.360 e. The molecule has 0 N–H and O–H groups in total. The Labute approximate surface area is 175 Å². The highest BCUT2D eigenvalue weighted by Gasteiger charge is 2.67. The summed E-state index contributed by atoms with van der Waals surface area (Å²) in [7, 11) is 1.81. The molecule has 2 aromatic rings. The topological polar surface area (TPSA) is 80.6 Å². The number of nitrogens with zero attached hydrogens (tertiary/aromatic N) is 5. The lowest BCUT2D eigenvalue weighted by Gasteiger charge is -2.27. The number of pyridine rings is 1. The van der Waals surface area contributed by atoms with Gasteiger partial charge in [0.25, 0.3) is 0 Å². The molecule has 2 bridgehead atoms. The van der Waals surface area contributed by atoms with Crippen LogP contribution in [-0.4, -0.2) is 68.2 Å². The molecule has 0 aromatic carbocycles. The second kappa shape index (κ2) is 7.36. The van der Waals surface area contributed by atoms with Crippen molar-refractivity contribution in [2.24, 2.45) is 11.8 Å². The van der Waals surface area contributed by atoms with Gasteiger partial charge in [-0.05, 0) is 24.1 Å². The Morgan fingerprint density at radius 2 is 2.27 bits per heavy atom. The summed E-state index contributed by atoms with van der Waals surface area (Å²) in [5.41, 5.74) is 0.291. The standard InChI is InChI=1S/C22H25N5O3/c1-25(10-4-12-27-11-3-9-24-27)20(28)18-17-6-7-22(30-17)15-26(21(29)19(18)22)14-16-5-2-8-23-13-16/h2-3,5-9,11,13,17-19H,4,10,12,14-15H2,1H3/t17-,18+,19-,22-/m0/s1. The van der Waals surface area contributed by atoms with Crippen LogP contribution in [0.4, 0.5) is 0 Å². The third kappa shape index (κ3) is 3.11. The third-order valence-electron chi connectivity index (χ3n) is 6.38. The molecule has 0 aliphatic carbocycles. The number of aromatic nitrogens is 3. The van der Waals surface area contributed by atoms with E-state index in [1.54, 1.807) is 35.4 Å². The van der Waals surface area contributed by atoms with Crippen molar-refractivity contribution in [3.8, 4) is 0 Å². The zero-order chi connectivity index (χ0) is 20.7. The van der Waals surface area contributed by atoms with Gasteiger partial charge in [-0.3, -0.25) is 19.3 Å². The van der Waals surface area contributed by atoms with Crippen molar-refractivity contribution in [2.45, 2.75) is 31.2 Å². The van der Waals surface area contributed by atoms with Crippen LogP contribution < -0.4 is 0 Å². The van der Waals surface area contributed by atoms with Crippen molar-refractivity contribution in [3.63, 3.8) is 0 Å². The highest BCUT2D eigenvalue weighted by molar-refractivity contribution is 5.93. The van der Waals surface area contributed by atoms with Crippen molar-refractivity contribution < 1.29 is 14.3 Å². The van der Waals surface area contributed by atoms with Gasteiger partial charge in [-0.1, -0.05) is 18.2 Å². The number of carbonyl (C=O) groups excluding carboxylic acids is 2. The number of aryl methyl sites for hydroxylation is 1. The minimum absolute atomic E-state index is 0.00556. The maximum absolute atomic E-state index is 13.3. The number of likely N-dealkylation sites (tertiary alicyclic amines) is 1. The average Bonchev–Trinajstić information content (AvgIpc) is 3.51. The van der Waals surface area contributed by atoms with Gasteiger partial charge in [0, 0.05) is 51.5 Å². The molecule has 2 aromatic heterocycles. The van der Waals surface area contributed by atoms with Crippen molar-refractivity contribution in [1.29, 1.82) is 0 Å². The quantitative estimate of drug-likeness (QED) is 0.643. The van der Waals surface area contributed by atoms with Crippen LogP contribution in [0.3, 0.4) is 0 Å². The van der Waals surface area contributed by atoms with Crippen LogP contribution in [0.1, 0.15) is 12.0 Å². The van der Waals surface area contributed by atoms with Gasteiger partial charge in [0.1, 0.15) is 5.60 Å². The van der Waals surface area contributed by atoms with Gasteiger partial charge in [0.2, 0.25) is 11.8 Å². The molecule has 0 unspecified atom stereocenters. The van der Waals surface area contributed by atoms with Gasteiger partial charge in [-0.2, -0.15) is 5.10 Å². The van der Waals surface area contributed by atoms with E-state index in [2.05, 4.69) is 10.1 Å². The largest absolute Gasteiger partial charge is 0.360 e. The lowest BCUT2D eigenvalue weighted by molar-refractivity contribution is -0.142.